The van der Waals surface area contributed by atoms with Crippen LogP contribution in [-0.4, -0.2) is 19.9 Å². The van der Waals surface area contributed by atoms with Crippen LogP contribution in [0.15, 0.2) is 24.5 Å². The number of nitrogens with zero attached hydrogens (tertiary/aromatic N) is 3. The van der Waals surface area contributed by atoms with Gasteiger partial charge in [-0.1, -0.05) is 6.07 Å². The molecule has 0 saturated carbocycles. The zero-order valence-corrected chi connectivity index (χ0v) is 10.3. The topological polar surface area (TPSA) is 63.0 Å². The van der Waals surface area contributed by atoms with E-state index in [1.165, 1.54) is 6.07 Å². The number of nitrogens with one attached hydrogen (secondary N) is 1. The van der Waals surface area contributed by atoms with Gasteiger partial charge in [-0.15, -0.1) is 0 Å². The highest BCUT2D eigenvalue weighted by molar-refractivity contribution is 5.29. The van der Waals surface area contributed by atoms with Crippen molar-refractivity contribution in [1.82, 2.24) is 20.1 Å². The Bertz CT molecular complexity index is 541. The van der Waals surface area contributed by atoms with E-state index in [9.17, 15) is 4.39 Å². The van der Waals surface area contributed by atoms with Crippen molar-refractivity contribution in [3.8, 4) is 5.75 Å². The predicted molar refractivity (Wildman–Crippen MR) is 64.3 cm³/mol. The van der Waals surface area contributed by atoms with Crippen LogP contribution in [0.25, 0.3) is 0 Å². The second kappa shape index (κ2) is 5.14. The van der Waals surface area contributed by atoms with Crippen LogP contribution < -0.4 is 5.32 Å². The molecule has 2 rings (SSSR count). The van der Waals surface area contributed by atoms with Gasteiger partial charge in [-0.2, -0.15) is 5.10 Å². The molecular weight excluding hydrogens is 235 g/mol. The highest BCUT2D eigenvalue weighted by Crippen LogP contribution is 2.20. The van der Waals surface area contributed by atoms with Crippen molar-refractivity contribution in [2.75, 3.05) is 0 Å². The summed E-state index contributed by atoms with van der Waals surface area (Å²) >= 11 is 0. The van der Waals surface area contributed by atoms with Gasteiger partial charge in [-0.3, -0.25) is 4.68 Å². The zero-order valence-electron chi connectivity index (χ0n) is 10.3. The fourth-order valence-electron chi connectivity index (χ4n) is 1.69. The predicted octanol–water partition coefficient (Wildman–Crippen LogP) is 1.51. The van der Waals surface area contributed by atoms with Crippen LogP contribution in [0, 0.1) is 5.82 Å². The molecule has 2 N–H and O–H groups in total. The van der Waals surface area contributed by atoms with Gasteiger partial charge in [0.15, 0.2) is 5.82 Å². The Morgan fingerprint density at radius 2 is 2.28 bits per heavy atom. The second-order valence-electron chi connectivity index (χ2n) is 4.14. The minimum atomic E-state index is -0.427. The third kappa shape index (κ3) is 2.84. The molecule has 96 valence electrons. The number of aromatic hydroxyl groups is 1. The van der Waals surface area contributed by atoms with E-state index in [-0.39, 0.29) is 11.8 Å². The number of aromatic nitrogens is 3. The summed E-state index contributed by atoms with van der Waals surface area (Å²) in [5, 5.41) is 16.4. The highest BCUT2D eigenvalue weighted by atomic mass is 19.1. The Hall–Kier alpha value is -1.95. The van der Waals surface area contributed by atoms with Gasteiger partial charge in [0.05, 0.1) is 6.54 Å². The van der Waals surface area contributed by atoms with Gasteiger partial charge in [0.1, 0.15) is 17.9 Å². The van der Waals surface area contributed by atoms with Gasteiger partial charge >= 0.3 is 0 Å². The number of halogens is 1. The van der Waals surface area contributed by atoms with E-state index >= 15 is 0 Å². The Balaban J connectivity index is 2.01. The Morgan fingerprint density at radius 1 is 1.50 bits per heavy atom. The lowest BCUT2D eigenvalue weighted by Gasteiger charge is -2.14. The molecule has 0 aliphatic rings. The third-order valence-corrected chi connectivity index (χ3v) is 2.66. The highest BCUT2D eigenvalue weighted by Gasteiger charge is 2.11. The quantitative estimate of drug-likeness (QED) is 0.863. The molecule has 5 nitrogen and oxygen atoms in total. The van der Waals surface area contributed by atoms with Crippen LogP contribution in [0.1, 0.15) is 24.4 Å². The monoisotopic (exact) mass is 250 g/mol. The number of benzene rings is 1. The summed E-state index contributed by atoms with van der Waals surface area (Å²) in [6.07, 6.45) is 1.61. The largest absolute Gasteiger partial charge is 0.508 e. The molecule has 0 aliphatic heterocycles. The third-order valence-electron chi connectivity index (χ3n) is 2.66. The fraction of sp³-hybridized carbons (Fsp3) is 0.333. The summed E-state index contributed by atoms with van der Waals surface area (Å²) in [6, 6.07) is 3.95. The minimum Gasteiger partial charge on any atom is -0.508 e. The molecule has 1 aromatic heterocycles. The number of hydrogen-bond donors (Lipinski definition) is 2. The number of phenolic OH excluding ortho intramolecular Hbond substituents is 1. The average molecular weight is 250 g/mol. The molecule has 1 atom stereocenters. The lowest BCUT2D eigenvalue weighted by molar-refractivity contribution is 0.463. The summed E-state index contributed by atoms with van der Waals surface area (Å²) in [5.41, 5.74) is 0.503. The Kier molecular flexibility index (Phi) is 3.57. The summed E-state index contributed by atoms with van der Waals surface area (Å²) in [4.78, 5) is 4.07. The summed E-state index contributed by atoms with van der Waals surface area (Å²) < 4.78 is 15.2. The van der Waals surface area contributed by atoms with Gasteiger partial charge < -0.3 is 10.4 Å². The van der Waals surface area contributed by atoms with Gasteiger partial charge in [-0.25, -0.2) is 9.37 Å². The van der Waals surface area contributed by atoms with Crippen LogP contribution in [0.2, 0.25) is 0 Å². The SMILES string of the molecule is CC(NCc1ncn(C)n1)c1ccc(O)cc1F. The maximum absolute atomic E-state index is 13.6. The molecule has 1 heterocycles. The molecule has 0 spiro atoms. The van der Waals surface area contributed by atoms with E-state index in [0.717, 1.165) is 6.07 Å². The Morgan fingerprint density at radius 3 is 2.89 bits per heavy atom. The normalized spacial score (nSPS) is 12.6. The van der Waals surface area contributed by atoms with Crippen molar-refractivity contribution in [3.05, 3.63) is 41.7 Å². The van der Waals surface area contributed by atoms with E-state index in [0.29, 0.717) is 17.9 Å². The molecule has 0 bridgehead atoms. The molecule has 0 saturated heterocycles. The first-order valence-electron chi connectivity index (χ1n) is 5.62. The van der Waals surface area contributed by atoms with Crippen LogP contribution in [0.3, 0.4) is 0 Å². The van der Waals surface area contributed by atoms with Crippen molar-refractivity contribution < 1.29 is 9.50 Å². The molecular formula is C12H15FN4O. The van der Waals surface area contributed by atoms with Crippen molar-refractivity contribution >= 4 is 0 Å². The van der Waals surface area contributed by atoms with E-state index < -0.39 is 5.82 Å². The average Bonchev–Trinajstić information content (AvgIpc) is 2.72. The lowest BCUT2D eigenvalue weighted by Crippen LogP contribution is -2.20. The van der Waals surface area contributed by atoms with Crippen molar-refractivity contribution in [2.24, 2.45) is 7.05 Å². The summed E-state index contributed by atoms with van der Waals surface area (Å²) in [6.45, 7) is 2.31. The van der Waals surface area contributed by atoms with E-state index in [1.54, 1.807) is 24.1 Å². The zero-order chi connectivity index (χ0) is 13.1. The van der Waals surface area contributed by atoms with Gasteiger partial charge in [0.2, 0.25) is 0 Å². The number of hydrogen-bond acceptors (Lipinski definition) is 4. The second-order valence-corrected chi connectivity index (χ2v) is 4.14. The molecule has 18 heavy (non-hydrogen) atoms. The number of aryl methyl sites for hydroxylation is 1. The summed E-state index contributed by atoms with van der Waals surface area (Å²) in [5.74, 6) is 0.155. The van der Waals surface area contributed by atoms with E-state index in [1.807, 2.05) is 6.92 Å². The first kappa shape index (κ1) is 12.5. The van der Waals surface area contributed by atoms with E-state index in [2.05, 4.69) is 15.4 Å². The maximum Gasteiger partial charge on any atom is 0.164 e. The standard InChI is InChI=1S/C12H15FN4O/c1-8(10-4-3-9(18)5-11(10)13)14-6-12-15-7-17(2)16-12/h3-5,7-8,14,18H,6H2,1-2H3. The van der Waals surface area contributed by atoms with Gasteiger partial charge in [0.25, 0.3) is 0 Å². The maximum atomic E-state index is 13.6. The molecule has 0 amide bonds. The van der Waals surface area contributed by atoms with Gasteiger partial charge in [-0.05, 0) is 13.0 Å². The van der Waals surface area contributed by atoms with Crippen molar-refractivity contribution in [3.63, 3.8) is 0 Å². The van der Waals surface area contributed by atoms with Gasteiger partial charge in [0, 0.05) is 24.7 Å². The minimum absolute atomic E-state index is 0.0742. The first-order valence-corrected chi connectivity index (χ1v) is 5.62. The molecule has 2 aromatic rings. The van der Waals surface area contributed by atoms with Crippen LogP contribution in [0.5, 0.6) is 5.75 Å². The van der Waals surface area contributed by atoms with Crippen LogP contribution in [0.4, 0.5) is 4.39 Å². The van der Waals surface area contributed by atoms with Crippen molar-refractivity contribution in [2.45, 2.75) is 19.5 Å². The molecule has 1 aromatic carbocycles. The molecule has 6 heteroatoms. The van der Waals surface area contributed by atoms with Crippen LogP contribution in [-0.2, 0) is 13.6 Å². The molecule has 1 unspecified atom stereocenters. The fourth-order valence-corrected chi connectivity index (χ4v) is 1.69. The van der Waals surface area contributed by atoms with E-state index in [4.69, 9.17) is 5.11 Å². The number of phenols is 1. The lowest BCUT2D eigenvalue weighted by atomic mass is 10.1. The molecule has 0 radical (unpaired) electrons. The van der Waals surface area contributed by atoms with Crippen molar-refractivity contribution in [1.29, 1.82) is 0 Å². The smallest absolute Gasteiger partial charge is 0.164 e. The molecule has 0 fully saturated rings. The molecule has 0 aliphatic carbocycles. The summed E-state index contributed by atoms with van der Waals surface area (Å²) in [7, 11) is 1.79. The number of rotatable bonds is 4. The van der Waals surface area contributed by atoms with Crippen LogP contribution >= 0.6 is 0 Å². The first-order chi connectivity index (χ1) is 8.56. The Labute approximate surface area is 104 Å².